The minimum atomic E-state index is -0.711. The van der Waals surface area contributed by atoms with E-state index in [9.17, 15) is 9.90 Å². The third kappa shape index (κ3) is 4.41. The molecule has 0 spiro atoms. The van der Waals surface area contributed by atoms with Gasteiger partial charge in [-0.15, -0.1) is 0 Å². The van der Waals surface area contributed by atoms with Crippen molar-refractivity contribution in [3.05, 3.63) is 0 Å². The molecule has 1 saturated heterocycles. The van der Waals surface area contributed by atoms with E-state index in [1.165, 1.54) is 0 Å². The molecule has 0 aromatic rings. The van der Waals surface area contributed by atoms with Crippen molar-refractivity contribution in [2.75, 3.05) is 33.2 Å². The first-order chi connectivity index (χ1) is 9.93. The molecule has 0 bridgehead atoms. The zero-order valence-corrected chi connectivity index (χ0v) is 13.4. The molecule has 2 aliphatic rings. The molecule has 5 nitrogen and oxygen atoms in total. The van der Waals surface area contributed by atoms with Crippen molar-refractivity contribution < 1.29 is 15.0 Å². The summed E-state index contributed by atoms with van der Waals surface area (Å²) >= 11 is 0. The lowest BCUT2D eigenvalue weighted by molar-refractivity contribution is -0.145. The maximum atomic E-state index is 11.0. The second-order valence-electron chi connectivity index (χ2n) is 6.92. The largest absolute Gasteiger partial charge is 0.481 e. The summed E-state index contributed by atoms with van der Waals surface area (Å²) in [6, 6.07) is 0.550. The predicted molar refractivity (Wildman–Crippen MR) is 82.3 cm³/mol. The molecule has 1 heterocycles. The number of rotatable bonds is 5. The van der Waals surface area contributed by atoms with Crippen LogP contribution in [0, 0.1) is 5.92 Å². The Labute approximate surface area is 127 Å². The summed E-state index contributed by atoms with van der Waals surface area (Å²) in [6.45, 7) is 6.29. The molecule has 0 aromatic carbocycles. The van der Waals surface area contributed by atoms with Gasteiger partial charge in [-0.25, -0.2) is 0 Å². The van der Waals surface area contributed by atoms with E-state index < -0.39 is 11.6 Å². The highest BCUT2D eigenvalue weighted by Crippen LogP contribution is 2.33. The number of piperidine rings is 1. The number of aliphatic carboxylic acids is 1. The number of carbonyl (C=O) groups is 1. The average Bonchev–Trinajstić information content (AvgIpc) is 2.47. The van der Waals surface area contributed by atoms with Crippen molar-refractivity contribution in [3.8, 4) is 0 Å². The first-order valence-corrected chi connectivity index (χ1v) is 8.31. The van der Waals surface area contributed by atoms with Crippen LogP contribution >= 0.6 is 0 Å². The van der Waals surface area contributed by atoms with E-state index in [2.05, 4.69) is 23.8 Å². The van der Waals surface area contributed by atoms with Gasteiger partial charge in [-0.05, 0) is 65.2 Å². The Morgan fingerprint density at radius 3 is 2.29 bits per heavy atom. The van der Waals surface area contributed by atoms with E-state index in [-0.39, 0.29) is 5.92 Å². The molecule has 0 aromatic heterocycles. The van der Waals surface area contributed by atoms with E-state index in [0.29, 0.717) is 38.3 Å². The average molecular weight is 298 g/mol. The fourth-order valence-corrected chi connectivity index (χ4v) is 3.83. The van der Waals surface area contributed by atoms with Gasteiger partial charge in [0, 0.05) is 12.6 Å². The zero-order valence-electron chi connectivity index (χ0n) is 13.4. The van der Waals surface area contributed by atoms with Crippen LogP contribution in [0.4, 0.5) is 0 Å². The van der Waals surface area contributed by atoms with Gasteiger partial charge in [-0.1, -0.05) is 6.92 Å². The first kappa shape index (κ1) is 16.7. The number of hydrogen-bond donors (Lipinski definition) is 2. The molecule has 2 rings (SSSR count). The molecule has 21 heavy (non-hydrogen) atoms. The zero-order chi connectivity index (χ0) is 15.5. The molecular formula is C16H30N2O3. The topological polar surface area (TPSA) is 64.0 Å². The van der Waals surface area contributed by atoms with Gasteiger partial charge < -0.3 is 20.0 Å². The third-order valence-electron chi connectivity index (χ3n) is 5.44. The summed E-state index contributed by atoms with van der Waals surface area (Å²) in [5, 5.41) is 19.8. The van der Waals surface area contributed by atoms with Crippen molar-refractivity contribution >= 4 is 5.97 Å². The quantitative estimate of drug-likeness (QED) is 0.803. The van der Waals surface area contributed by atoms with Gasteiger partial charge in [0.05, 0.1) is 11.5 Å². The lowest BCUT2D eigenvalue weighted by Gasteiger charge is -2.42. The summed E-state index contributed by atoms with van der Waals surface area (Å²) in [4.78, 5) is 15.8. The lowest BCUT2D eigenvalue weighted by atomic mass is 9.78. The number of hydrogen-bond acceptors (Lipinski definition) is 4. The van der Waals surface area contributed by atoms with Crippen LogP contribution in [0.5, 0.6) is 0 Å². The summed E-state index contributed by atoms with van der Waals surface area (Å²) in [5.41, 5.74) is -0.692. The molecule has 1 saturated carbocycles. The van der Waals surface area contributed by atoms with Gasteiger partial charge in [0.15, 0.2) is 0 Å². The fourth-order valence-electron chi connectivity index (χ4n) is 3.83. The summed E-state index contributed by atoms with van der Waals surface area (Å²) in [7, 11) is 2.10. The van der Waals surface area contributed by atoms with E-state index in [0.717, 1.165) is 32.5 Å². The summed E-state index contributed by atoms with van der Waals surface area (Å²) in [5.74, 6) is -0.972. The Hall–Kier alpha value is -0.650. The number of carboxylic acids is 1. The molecule has 1 aliphatic carbocycles. The van der Waals surface area contributed by atoms with Crippen LogP contribution in [-0.4, -0.2) is 70.9 Å². The van der Waals surface area contributed by atoms with Gasteiger partial charge in [0.2, 0.25) is 0 Å². The van der Waals surface area contributed by atoms with E-state index in [1.54, 1.807) is 0 Å². The third-order valence-corrected chi connectivity index (χ3v) is 5.44. The maximum Gasteiger partial charge on any atom is 0.306 e. The van der Waals surface area contributed by atoms with E-state index in [4.69, 9.17) is 5.11 Å². The Morgan fingerprint density at radius 1 is 1.24 bits per heavy atom. The molecule has 2 fully saturated rings. The molecule has 0 amide bonds. The molecule has 5 heteroatoms. The molecule has 0 radical (unpaired) electrons. The van der Waals surface area contributed by atoms with Crippen molar-refractivity contribution in [2.24, 2.45) is 5.92 Å². The van der Waals surface area contributed by atoms with Gasteiger partial charge in [0.1, 0.15) is 0 Å². The predicted octanol–water partition coefficient (Wildman–Crippen LogP) is 1.41. The Bertz CT molecular complexity index is 345. The number of carboxylic acid groups (broad SMARTS) is 1. The summed E-state index contributed by atoms with van der Waals surface area (Å²) < 4.78 is 0. The van der Waals surface area contributed by atoms with Crippen molar-refractivity contribution in [1.29, 1.82) is 0 Å². The van der Waals surface area contributed by atoms with Crippen LogP contribution in [0.15, 0.2) is 0 Å². The molecule has 0 atom stereocenters. The molecular weight excluding hydrogens is 268 g/mol. The summed E-state index contributed by atoms with van der Waals surface area (Å²) in [6.07, 6.45) is 4.77. The Morgan fingerprint density at radius 2 is 1.81 bits per heavy atom. The standard InChI is InChI=1S/C16H30N2O3/c1-3-18-10-6-14(7-11-18)17(2)12-16(21)8-4-13(5-9-16)15(19)20/h13-14,21H,3-12H2,1-2H3,(H,19,20). The monoisotopic (exact) mass is 298 g/mol. The maximum absolute atomic E-state index is 11.0. The molecule has 0 unspecified atom stereocenters. The smallest absolute Gasteiger partial charge is 0.306 e. The van der Waals surface area contributed by atoms with E-state index >= 15 is 0 Å². The number of nitrogens with zero attached hydrogens (tertiary/aromatic N) is 2. The van der Waals surface area contributed by atoms with Crippen LogP contribution in [0.25, 0.3) is 0 Å². The van der Waals surface area contributed by atoms with Gasteiger partial charge in [-0.2, -0.15) is 0 Å². The highest BCUT2D eigenvalue weighted by atomic mass is 16.4. The Balaban J connectivity index is 1.80. The van der Waals surface area contributed by atoms with Gasteiger partial charge in [0.25, 0.3) is 0 Å². The van der Waals surface area contributed by atoms with Gasteiger partial charge in [-0.3, -0.25) is 4.79 Å². The number of aliphatic hydroxyl groups is 1. The molecule has 122 valence electrons. The SMILES string of the molecule is CCN1CCC(N(C)CC2(O)CCC(C(=O)O)CC2)CC1. The van der Waals surface area contributed by atoms with Crippen molar-refractivity contribution in [3.63, 3.8) is 0 Å². The van der Waals surface area contributed by atoms with Crippen LogP contribution in [0.1, 0.15) is 45.4 Å². The van der Waals surface area contributed by atoms with Crippen LogP contribution < -0.4 is 0 Å². The second kappa shape index (κ2) is 7.07. The highest BCUT2D eigenvalue weighted by molar-refractivity contribution is 5.70. The highest BCUT2D eigenvalue weighted by Gasteiger charge is 2.37. The minimum Gasteiger partial charge on any atom is -0.481 e. The van der Waals surface area contributed by atoms with Crippen molar-refractivity contribution in [2.45, 2.75) is 57.1 Å². The van der Waals surface area contributed by atoms with Crippen LogP contribution in [0.3, 0.4) is 0 Å². The Kier molecular flexibility index (Phi) is 5.63. The molecule has 1 aliphatic heterocycles. The molecule has 2 N–H and O–H groups in total. The van der Waals surface area contributed by atoms with Crippen LogP contribution in [-0.2, 0) is 4.79 Å². The van der Waals surface area contributed by atoms with E-state index in [1.807, 2.05) is 0 Å². The van der Waals surface area contributed by atoms with Crippen LogP contribution in [0.2, 0.25) is 0 Å². The minimum absolute atomic E-state index is 0.261. The normalized spacial score (nSPS) is 32.5. The number of likely N-dealkylation sites (N-methyl/N-ethyl adjacent to an activating group) is 1. The second-order valence-corrected chi connectivity index (χ2v) is 6.92. The first-order valence-electron chi connectivity index (χ1n) is 8.31. The fraction of sp³-hybridized carbons (Fsp3) is 0.938. The van der Waals surface area contributed by atoms with Crippen molar-refractivity contribution in [1.82, 2.24) is 9.80 Å². The number of likely N-dealkylation sites (tertiary alicyclic amines) is 1. The van der Waals surface area contributed by atoms with Gasteiger partial charge >= 0.3 is 5.97 Å². The lowest BCUT2D eigenvalue weighted by Crippen LogP contribution is -2.50.